The Hall–Kier alpha value is -3.66. The van der Waals surface area contributed by atoms with Crippen LogP contribution in [0.1, 0.15) is 53.9 Å². The van der Waals surface area contributed by atoms with Crippen molar-refractivity contribution < 1.29 is 58.2 Å². The SMILES string of the molecule is CC[C@H]1OC(=O)C[C@@H](O)[C@H](C)[C@@H](O[C@@H]2O[C@H](C)[C@@H](O)[C@H](N(C)C)[C@H]2O)C(C=O)C[C@@H](C)C(=O)/C=C\C(C)=C\[C@@H]1COC(=O)Nc1ccc(OC)cc1. The molecule has 2 heterocycles. The number of nitrogens with one attached hydrogen (secondary N) is 1. The zero-order chi connectivity index (χ0) is 38.7. The van der Waals surface area contributed by atoms with Crippen LogP contribution in [0.2, 0.25) is 0 Å². The summed E-state index contributed by atoms with van der Waals surface area (Å²) in [5, 5.41) is 35.9. The first-order valence-corrected chi connectivity index (χ1v) is 17.7. The summed E-state index contributed by atoms with van der Waals surface area (Å²) >= 11 is 0. The van der Waals surface area contributed by atoms with E-state index in [0.29, 0.717) is 29.7 Å². The lowest BCUT2D eigenvalue weighted by molar-refractivity contribution is -0.302. The third kappa shape index (κ3) is 11.7. The molecule has 0 saturated carbocycles. The van der Waals surface area contributed by atoms with Gasteiger partial charge in [-0.05, 0) is 71.1 Å². The summed E-state index contributed by atoms with van der Waals surface area (Å²) in [6, 6.07) is 5.93. The molecule has 1 aromatic carbocycles. The van der Waals surface area contributed by atoms with E-state index >= 15 is 0 Å². The number of amides is 1. The summed E-state index contributed by atoms with van der Waals surface area (Å²) in [6.45, 7) is 8.31. The highest BCUT2D eigenvalue weighted by atomic mass is 16.7. The maximum atomic E-state index is 13.4. The smallest absolute Gasteiger partial charge is 0.411 e. The predicted molar refractivity (Wildman–Crippen MR) is 191 cm³/mol. The Balaban J connectivity index is 1.89. The largest absolute Gasteiger partial charge is 0.497 e. The van der Waals surface area contributed by atoms with Gasteiger partial charge in [-0.1, -0.05) is 38.5 Å². The number of likely N-dealkylation sites (N-methyl/N-ethyl adjacent to an activating group) is 1. The van der Waals surface area contributed by atoms with Gasteiger partial charge >= 0.3 is 12.1 Å². The molecule has 3 rings (SSSR count). The van der Waals surface area contributed by atoms with Gasteiger partial charge in [-0.15, -0.1) is 0 Å². The van der Waals surface area contributed by atoms with Crippen LogP contribution in [0.5, 0.6) is 5.75 Å². The summed E-state index contributed by atoms with van der Waals surface area (Å²) in [6.07, 6.45) is -3.04. The number of nitrogens with zero attached hydrogens (tertiary/aromatic N) is 1. The lowest BCUT2D eigenvalue weighted by atomic mass is 9.81. The third-order valence-electron chi connectivity index (χ3n) is 9.80. The van der Waals surface area contributed by atoms with E-state index in [2.05, 4.69) is 5.32 Å². The van der Waals surface area contributed by atoms with Gasteiger partial charge < -0.3 is 48.7 Å². The van der Waals surface area contributed by atoms with Crippen LogP contribution < -0.4 is 10.1 Å². The van der Waals surface area contributed by atoms with Crippen LogP contribution in [0.3, 0.4) is 0 Å². The fraction of sp³-hybridized carbons (Fsp3) is 0.632. The molecule has 0 spiro atoms. The van der Waals surface area contributed by atoms with Crippen LogP contribution in [0, 0.1) is 23.7 Å². The molecule has 14 nitrogen and oxygen atoms in total. The first-order valence-electron chi connectivity index (χ1n) is 17.7. The maximum Gasteiger partial charge on any atom is 0.411 e. The maximum absolute atomic E-state index is 13.4. The van der Waals surface area contributed by atoms with Gasteiger partial charge in [0.25, 0.3) is 0 Å². The molecule has 4 N–H and O–H groups in total. The second kappa shape index (κ2) is 20.0. The van der Waals surface area contributed by atoms with Crippen LogP contribution in [-0.4, -0.2) is 121 Å². The van der Waals surface area contributed by atoms with E-state index in [1.807, 2.05) is 0 Å². The van der Waals surface area contributed by atoms with Crippen LogP contribution in [0.25, 0.3) is 0 Å². The Morgan fingerprint density at radius 3 is 2.33 bits per heavy atom. The Morgan fingerprint density at radius 1 is 1.06 bits per heavy atom. The number of ether oxygens (including phenoxy) is 5. The van der Waals surface area contributed by atoms with Crippen LogP contribution in [0.4, 0.5) is 10.5 Å². The summed E-state index contributed by atoms with van der Waals surface area (Å²) in [5.74, 6) is -3.45. The number of aldehydes is 1. The van der Waals surface area contributed by atoms with E-state index in [-0.39, 0.29) is 18.8 Å². The topological polar surface area (TPSA) is 190 Å². The Bertz CT molecular complexity index is 1400. The van der Waals surface area contributed by atoms with Gasteiger partial charge in [-0.3, -0.25) is 14.9 Å². The van der Waals surface area contributed by atoms with Crippen molar-refractivity contribution in [1.82, 2.24) is 4.90 Å². The number of ketones is 1. The molecule has 0 aromatic heterocycles. The number of allylic oxidation sites excluding steroid dienone is 3. The number of esters is 1. The lowest BCUT2D eigenvalue weighted by Gasteiger charge is -2.46. The van der Waals surface area contributed by atoms with Crippen molar-refractivity contribution in [2.45, 2.75) is 103 Å². The molecule has 2 aliphatic heterocycles. The van der Waals surface area contributed by atoms with E-state index in [9.17, 15) is 34.5 Å². The monoisotopic (exact) mass is 732 g/mol. The minimum atomic E-state index is -1.37. The van der Waals surface area contributed by atoms with Crippen molar-refractivity contribution in [2.24, 2.45) is 23.7 Å². The minimum Gasteiger partial charge on any atom is -0.497 e. The minimum absolute atomic E-state index is 0.0391. The lowest BCUT2D eigenvalue weighted by Crippen LogP contribution is -2.63. The van der Waals surface area contributed by atoms with Crippen molar-refractivity contribution in [3.05, 3.63) is 48.1 Å². The molecule has 52 heavy (non-hydrogen) atoms. The average Bonchev–Trinajstić information content (AvgIpc) is 3.10. The number of rotatable bonds is 9. The molecule has 1 unspecified atom stereocenters. The van der Waals surface area contributed by atoms with Crippen LogP contribution in [0.15, 0.2) is 48.1 Å². The summed E-state index contributed by atoms with van der Waals surface area (Å²) in [4.78, 5) is 53.6. The Labute approximate surface area is 306 Å². The van der Waals surface area contributed by atoms with Crippen LogP contribution >= 0.6 is 0 Å². The summed E-state index contributed by atoms with van der Waals surface area (Å²) in [5.41, 5.74) is 1.13. The van der Waals surface area contributed by atoms with E-state index in [1.165, 1.54) is 13.2 Å². The number of anilines is 1. The summed E-state index contributed by atoms with van der Waals surface area (Å²) in [7, 11) is 4.92. The third-order valence-corrected chi connectivity index (χ3v) is 9.80. The quantitative estimate of drug-likeness (QED) is 0.214. The second-order valence-corrected chi connectivity index (χ2v) is 14.0. The van der Waals surface area contributed by atoms with Crippen molar-refractivity contribution in [3.63, 3.8) is 0 Å². The number of hydrogen-bond donors (Lipinski definition) is 4. The molecule has 0 bridgehead atoms. The van der Waals surface area contributed by atoms with Gasteiger partial charge in [-0.2, -0.15) is 0 Å². The molecule has 0 radical (unpaired) electrons. The second-order valence-electron chi connectivity index (χ2n) is 14.0. The highest BCUT2D eigenvalue weighted by molar-refractivity contribution is 5.92. The standard InChI is InChI=1S/C38H56N2O12/c1-9-31-26(20-49-38(47)39-27-11-13-28(48-8)14-12-27)16-21(2)10-15-29(42)22(3)17-25(19-41)36(23(4)30(43)18-32(44)51-31)52-37-35(46)33(40(6)7)34(45)24(5)50-37/h10-16,19,22-26,30-31,33-37,43,45-46H,9,17-18,20H2,1-8H3,(H,39,47)/b15-10-,21-16+/t22-,23+,24-,25?,26-,30-,31-,33+,34-,35-,36-,37+/m1/s1. The molecule has 14 heteroatoms. The normalized spacial score (nSPS) is 35.5. The number of aliphatic hydroxyl groups is 3. The Kier molecular flexibility index (Phi) is 16.4. The molecular formula is C38H56N2O12. The molecule has 290 valence electrons. The van der Waals surface area contributed by atoms with Gasteiger partial charge in [0.1, 0.15) is 30.9 Å². The molecule has 1 saturated heterocycles. The zero-order valence-electron chi connectivity index (χ0n) is 31.3. The fourth-order valence-electron chi connectivity index (χ4n) is 6.60. The molecule has 1 fully saturated rings. The Morgan fingerprint density at radius 2 is 1.73 bits per heavy atom. The van der Waals surface area contributed by atoms with Crippen molar-refractivity contribution in [2.75, 3.05) is 33.1 Å². The van der Waals surface area contributed by atoms with E-state index in [1.54, 1.807) is 90.0 Å². The number of benzene rings is 1. The highest BCUT2D eigenvalue weighted by Gasteiger charge is 2.47. The summed E-state index contributed by atoms with van der Waals surface area (Å²) < 4.78 is 28.7. The number of aliphatic hydroxyl groups excluding tert-OH is 3. The molecule has 1 aromatic rings. The van der Waals surface area contributed by atoms with Crippen molar-refractivity contribution >= 4 is 29.8 Å². The predicted octanol–water partition coefficient (Wildman–Crippen LogP) is 3.28. The first kappa shape index (κ1) is 42.8. The average molecular weight is 733 g/mol. The number of cyclic esters (lactones) is 1. The van der Waals surface area contributed by atoms with Gasteiger partial charge in [-0.25, -0.2) is 4.79 Å². The van der Waals surface area contributed by atoms with Gasteiger partial charge in [0.05, 0.1) is 44.0 Å². The fourth-order valence-corrected chi connectivity index (χ4v) is 6.60. The van der Waals surface area contributed by atoms with Gasteiger partial charge in [0.2, 0.25) is 0 Å². The molecule has 0 aliphatic carbocycles. The van der Waals surface area contributed by atoms with Crippen molar-refractivity contribution in [1.29, 1.82) is 0 Å². The van der Waals surface area contributed by atoms with Gasteiger partial charge in [0, 0.05) is 29.4 Å². The van der Waals surface area contributed by atoms with E-state index in [0.717, 1.165) is 0 Å². The number of methoxy groups -OCH3 is 1. The molecular weight excluding hydrogens is 676 g/mol. The molecule has 12 atom stereocenters. The highest BCUT2D eigenvalue weighted by Crippen LogP contribution is 2.32. The number of carbonyl (C=O) groups is 4. The van der Waals surface area contributed by atoms with Crippen molar-refractivity contribution in [3.8, 4) is 5.75 Å². The van der Waals surface area contributed by atoms with Gasteiger partial charge in [0.15, 0.2) is 12.1 Å². The number of carbonyl (C=O) groups excluding carboxylic acids is 4. The zero-order valence-corrected chi connectivity index (χ0v) is 31.3. The molecule has 2 aliphatic rings. The number of hydrogen-bond acceptors (Lipinski definition) is 13. The molecule has 1 amide bonds. The van der Waals surface area contributed by atoms with E-state index < -0.39 is 91.1 Å². The van der Waals surface area contributed by atoms with Crippen LogP contribution in [-0.2, 0) is 33.3 Å². The first-order chi connectivity index (χ1) is 24.6. The van der Waals surface area contributed by atoms with E-state index in [4.69, 9.17) is 23.7 Å².